The number of fused-ring (bicyclic) bond motifs is 1. The highest BCUT2D eigenvalue weighted by molar-refractivity contribution is 5.94. The van der Waals surface area contributed by atoms with E-state index < -0.39 is 17.7 Å². The zero-order valence-corrected chi connectivity index (χ0v) is 11.0. The van der Waals surface area contributed by atoms with Crippen LogP contribution in [0, 0.1) is 0 Å². The molecule has 0 fully saturated rings. The average molecular weight is 306 g/mol. The Bertz CT molecular complexity index is 854. The molecule has 0 saturated heterocycles. The molecule has 22 heavy (non-hydrogen) atoms. The summed E-state index contributed by atoms with van der Waals surface area (Å²) in [5, 5.41) is 9.36. The van der Waals surface area contributed by atoms with Gasteiger partial charge in [-0.25, -0.2) is 9.78 Å². The molecule has 0 radical (unpaired) electrons. The van der Waals surface area contributed by atoms with Crippen molar-refractivity contribution in [2.24, 2.45) is 0 Å². The Morgan fingerprint density at radius 3 is 2.41 bits per heavy atom. The second-order valence-electron chi connectivity index (χ2n) is 4.62. The van der Waals surface area contributed by atoms with Crippen LogP contribution in [0.5, 0.6) is 0 Å². The van der Waals surface area contributed by atoms with Crippen LogP contribution < -0.4 is 0 Å². The number of nitrogens with zero attached hydrogens (tertiary/aromatic N) is 2. The number of halogens is 3. The fraction of sp³-hybridized carbons (Fsp3) is 0.0667. The lowest BCUT2D eigenvalue weighted by Crippen LogP contribution is -2.07. The van der Waals surface area contributed by atoms with Crippen LogP contribution in [0.2, 0.25) is 0 Å². The third-order valence-electron chi connectivity index (χ3n) is 3.20. The molecule has 0 spiro atoms. The second kappa shape index (κ2) is 4.87. The lowest BCUT2D eigenvalue weighted by Gasteiger charge is -2.06. The largest absolute Gasteiger partial charge is 0.476 e. The molecule has 0 saturated carbocycles. The summed E-state index contributed by atoms with van der Waals surface area (Å²) in [6.45, 7) is 0. The molecule has 4 nitrogen and oxygen atoms in total. The van der Waals surface area contributed by atoms with Gasteiger partial charge in [0.25, 0.3) is 0 Å². The quantitative estimate of drug-likeness (QED) is 0.785. The molecule has 7 heteroatoms. The predicted molar refractivity (Wildman–Crippen MR) is 72.6 cm³/mol. The molecule has 2 heterocycles. The van der Waals surface area contributed by atoms with E-state index in [4.69, 9.17) is 0 Å². The summed E-state index contributed by atoms with van der Waals surface area (Å²) >= 11 is 0. The Kier molecular flexibility index (Phi) is 3.13. The molecular weight excluding hydrogens is 297 g/mol. The first-order valence-electron chi connectivity index (χ1n) is 6.26. The molecule has 0 atom stereocenters. The number of alkyl halides is 3. The standard InChI is InChI=1S/C15H9F3N2O2/c16-15(17,18)10-6-7-20-11(8-10)19-12(13(20)14(21)22)9-4-2-1-3-5-9/h1-8H,(H,21,22). The van der Waals surface area contributed by atoms with E-state index in [1.165, 1.54) is 0 Å². The number of hydrogen-bond donors (Lipinski definition) is 1. The monoisotopic (exact) mass is 306 g/mol. The van der Waals surface area contributed by atoms with E-state index in [1.807, 2.05) is 0 Å². The van der Waals surface area contributed by atoms with E-state index in [0.29, 0.717) is 5.56 Å². The highest BCUT2D eigenvalue weighted by Gasteiger charge is 2.31. The van der Waals surface area contributed by atoms with Gasteiger partial charge in [0.2, 0.25) is 0 Å². The first-order chi connectivity index (χ1) is 10.4. The molecule has 0 aliphatic rings. The number of rotatable bonds is 2. The molecule has 0 amide bonds. The minimum Gasteiger partial charge on any atom is -0.476 e. The van der Waals surface area contributed by atoms with Crippen molar-refractivity contribution >= 4 is 11.6 Å². The summed E-state index contributed by atoms with van der Waals surface area (Å²) in [4.78, 5) is 15.5. The van der Waals surface area contributed by atoms with Crippen molar-refractivity contribution in [3.05, 3.63) is 59.9 Å². The van der Waals surface area contributed by atoms with Crippen molar-refractivity contribution in [1.82, 2.24) is 9.38 Å². The number of carboxylic acids is 1. The number of pyridine rings is 1. The Hall–Kier alpha value is -2.83. The van der Waals surface area contributed by atoms with Crippen LogP contribution in [0.4, 0.5) is 13.2 Å². The Morgan fingerprint density at radius 1 is 1.14 bits per heavy atom. The maximum atomic E-state index is 12.8. The van der Waals surface area contributed by atoms with Crippen molar-refractivity contribution in [3.63, 3.8) is 0 Å². The van der Waals surface area contributed by atoms with E-state index in [1.54, 1.807) is 30.3 Å². The third kappa shape index (κ3) is 2.30. The van der Waals surface area contributed by atoms with Crippen LogP contribution >= 0.6 is 0 Å². The molecule has 0 aliphatic heterocycles. The molecule has 0 bridgehead atoms. The van der Waals surface area contributed by atoms with Crippen molar-refractivity contribution < 1.29 is 23.1 Å². The molecule has 3 rings (SSSR count). The van der Waals surface area contributed by atoms with Crippen LogP contribution in [-0.4, -0.2) is 20.5 Å². The SMILES string of the molecule is O=C(O)c1c(-c2ccccc2)nc2cc(C(F)(F)F)ccn12. The van der Waals surface area contributed by atoms with Crippen molar-refractivity contribution in [1.29, 1.82) is 0 Å². The fourth-order valence-corrected chi connectivity index (χ4v) is 2.22. The summed E-state index contributed by atoms with van der Waals surface area (Å²) in [6.07, 6.45) is -3.44. The maximum absolute atomic E-state index is 12.8. The van der Waals surface area contributed by atoms with Gasteiger partial charge in [0.15, 0.2) is 5.69 Å². The number of imidazole rings is 1. The predicted octanol–water partition coefficient (Wildman–Crippen LogP) is 3.72. The number of aromatic carboxylic acids is 1. The second-order valence-corrected chi connectivity index (χ2v) is 4.62. The number of benzene rings is 1. The molecule has 2 aromatic heterocycles. The van der Waals surface area contributed by atoms with E-state index >= 15 is 0 Å². The molecule has 1 aromatic carbocycles. The van der Waals surface area contributed by atoms with Gasteiger partial charge in [-0.15, -0.1) is 0 Å². The van der Waals surface area contributed by atoms with E-state index in [9.17, 15) is 23.1 Å². The maximum Gasteiger partial charge on any atom is 0.416 e. The number of carbonyl (C=O) groups is 1. The number of hydrogen-bond acceptors (Lipinski definition) is 2. The van der Waals surface area contributed by atoms with Crippen LogP contribution in [0.3, 0.4) is 0 Å². The average Bonchev–Trinajstić information content (AvgIpc) is 2.85. The van der Waals surface area contributed by atoms with E-state index in [-0.39, 0.29) is 17.0 Å². The van der Waals surface area contributed by atoms with Crippen LogP contribution in [-0.2, 0) is 6.18 Å². The topological polar surface area (TPSA) is 54.6 Å². The Morgan fingerprint density at radius 2 is 1.82 bits per heavy atom. The van der Waals surface area contributed by atoms with Gasteiger partial charge in [-0.2, -0.15) is 13.2 Å². The van der Waals surface area contributed by atoms with E-state index in [0.717, 1.165) is 22.7 Å². The minimum atomic E-state index is -4.51. The highest BCUT2D eigenvalue weighted by atomic mass is 19.4. The zero-order chi connectivity index (χ0) is 15.9. The number of carboxylic acid groups (broad SMARTS) is 1. The third-order valence-corrected chi connectivity index (χ3v) is 3.20. The summed E-state index contributed by atoms with van der Waals surface area (Å²) in [5.74, 6) is -1.26. The Labute approximate surface area is 122 Å². The van der Waals surface area contributed by atoms with Gasteiger partial charge in [-0.3, -0.25) is 4.40 Å². The Balaban J connectivity index is 2.29. The minimum absolute atomic E-state index is 0.0638. The van der Waals surface area contributed by atoms with Crippen molar-refractivity contribution in [2.75, 3.05) is 0 Å². The fourth-order valence-electron chi connectivity index (χ4n) is 2.22. The lowest BCUT2D eigenvalue weighted by molar-refractivity contribution is -0.137. The molecule has 112 valence electrons. The summed E-state index contributed by atoms with van der Waals surface area (Å²) in [7, 11) is 0. The van der Waals surface area contributed by atoms with Crippen LogP contribution in [0.1, 0.15) is 16.1 Å². The summed E-state index contributed by atoms with van der Waals surface area (Å²) in [5.41, 5.74) is -0.452. The van der Waals surface area contributed by atoms with Gasteiger partial charge >= 0.3 is 12.1 Å². The van der Waals surface area contributed by atoms with Gasteiger partial charge in [-0.05, 0) is 12.1 Å². The van der Waals surface area contributed by atoms with E-state index in [2.05, 4.69) is 4.98 Å². The molecule has 0 aliphatic carbocycles. The molecule has 0 unspecified atom stereocenters. The molecular formula is C15H9F3N2O2. The van der Waals surface area contributed by atoms with Gasteiger partial charge in [0.1, 0.15) is 11.3 Å². The first kappa shape index (κ1) is 14.1. The summed E-state index contributed by atoms with van der Waals surface area (Å²) < 4.78 is 39.4. The lowest BCUT2D eigenvalue weighted by atomic mass is 10.1. The highest BCUT2D eigenvalue weighted by Crippen LogP contribution is 2.31. The van der Waals surface area contributed by atoms with Crippen LogP contribution in [0.25, 0.3) is 16.9 Å². The van der Waals surface area contributed by atoms with Gasteiger partial charge in [0.05, 0.1) is 5.56 Å². The van der Waals surface area contributed by atoms with Gasteiger partial charge < -0.3 is 5.11 Å². The normalized spacial score (nSPS) is 11.8. The van der Waals surface area contributed by atoms with Gasteiger partial charge in [-0.1, -0.05) is 30.3 Å². The first-order valence-corrected chi connectivity index (χ1v) is 6.26. The van der Waals surface area contributed by atoms with Gasteiger partial charge in [0, 0.05) is 11.8 Å². The van der Waals surface area contributed by atoms with Crippen molar-refractivity contribution in [2.45, 2.75) is 6.18 Å². The smallest absolute Gasteiger partial charge is 0.416 e. The summed E-state index contributed by atoms with van der Waals surface area (Å²) in [6, 6.07) is 10.1. The van der Waals surface area contributed by atoms with Crippen molar-refractivity contribution in [3.8, 4) is 11.3 Å². The zero-order valence-electron chi connectivity index (χ0n) is 11.0. The molecule has 3 aromatic rings. The number of aromatic nitrogens is 2. The molecule has 1 N–H and O–H groups in total. The van der Waals surface area contributed by atoms with Crippen LogP contribution in [0.15, 0.2) is 48.7 Å².